The average molecular weight is 321 g/mol. The number of aromatic nitrogens is 3. The molecular weight excluding hydrogens is 306 g/mol. The molecule has 8 nitrogen and oxygen atoms in total. The standard InChI is InChI=1S/C13H15N5O3S/c19-13(14-3-6-22-12-8-15-18-17-12)16-9-1-2-10-11(7-9)21-5-4-20-10/h1-2,7-8H,3-6H2,(H2,14,16,19)(H,15,17,18). The number of nitrogens with one attached hydrogen (secondary N) is 3. The molecule has 9 heteroatoms. The summed E-state index contributed by atoms with van der Waals surface area (Å²) in [5, 5.41) is 16.5. The summed E-state index contributed by atoms with van der Waals surface area (Å²) in [5.41, 5.74) is 0.658. The second-order valence-electron chi connectivity index (χ2n) is 4.40. The van der Waals surface area contributed by atoms with E-state index in [1.54, 1.807) is 24.4 Å². The lowest BCUT2D eigenvalue weighted by Gasteiger charge is -2.19. The molecule has 1 aromatic heterocycles. The van der Waals surface area contributed by atoms with Gasteiger partial charge in [0.1, 0.15) is 18.2 Å². The first-order valence-electron chi connectivity index (χ1n) is 6.74. The maximum absolute atomic E-state index is 11.8. The van der Waals surface area contributed by atoms with Crippen molar-refractivity contribution in [3.05, 3.63) is 24.4 Å². The van der Waals surface area contributed by atoms with Gasteiger partial charge in [-0.15, -0.1) is 16.9 Å². The summed E-state index contributed by atoms with van der Waals surface area (Å²) in [4.78, 5) is 11.8. The average Bonchev–Trinajstić information content (AvgIpc) is 3.05. The normalized spacial score (nSPS) is 12.7. The van der Waals surface area contributed by atoms with Gasteiger partial charge in [-0.2, -0.15) is 10.3 Å². The van der Waals surface area contributed by atoms with Gasteiger partial charge >= 0.3 is 6.03 Å². The van der Waals surface area contributed by atoms with Crippen LogP contribution >= 0.6 is 11.8 Å². The van der Waals surface area contributed by atoms with Gasteiger partial charge in [-0.25, -0.2) is 4.79 Å². The number of rotatable bonds is 5. The van der Waals surface area contributed by atoms with Crippen molar-refractivity contribution in [3.63, 3.8) is 0 Å². The molecule has 0 unspecified atom stereocenters. The van der Waals surface area contributed by atoms with E-state index in [4.69, 9.17) is 9.47 Å². The van der Waals surface area contributed by atoms with Crippen molar-refractivity contribution in [2.45, 2.75) is 5.03 Å². The summed E-state index contributed by atoms with van der Waals surface area (Å²) >= 11 is 1.51. The molecule has 116 valence electrons. The molecule has 1 aliphatic heterocycles. The highest BCUT2D eigenvalue weighted by Crippen LogP contribution is 2.32. The van der Waals surface area contributed by atoms with Crippen molar-refractivity contribution in [2.24, 2.45) is 0 Å². The molecular formula is C13H15N5O3S. The molecule has 0 bridgehead atoms. The van der Waals surface area contributed by atoms with E-state index in [9.17, 15) is 4.79 Å². The molecule has 3 rings (SSSR count). The van der Waals surface area contributed by atoms with Crippen molar-refractivity contribution < 1.29 is 14.3 Å². The largest absolute Gasteiger partial charge is 0.486 e. The third kappa shape index (κ3) is 3.82. The van der Waals surface area contributed by atoms with E-state index < -0.39 is 0 Å². The number of urea groups is 1. The highest BCUT2D eigenvalue weighted by atomic mass is 32.2. The van der Waals surface area contributed by atoms with E-state index in [1.165, 1.54) is 11.8 Å². The summed E-state index contributed by atoms with van der Waals surface area (Å²) in [6.45, 7) is 1.58. The molecule has 0 aliphatic carbocycles. The first-order chi connectivity index (χ1) is 10.8. The molecule has 2 amide bonds. The smallest absolute Gasteiger partial charge is 0.319 e. The van der Waals surface area contributed by atoms with E-state index in [0.29, 0.717) is 42.7 Å². The first kappa shape index (κ1) is 14.5. The second-order valence-corrected chi connectivity index (χ2v) is 5.51. The van der Waals surface area contributed by atoms with Crippen LogP contribution in [0.25, 0.3) is 0 Å². The van der Waals surface area contributed by atoms with Gasteiger partial charge in [0.25, 0.3) is 0 Å². The van der Waals surface area contributed by atoms with Crippen molar-refractivity contribution in [2.75, 3.05) is 30.8 Å². The van der Waals surface area contributed by atoms with E-state index >= 15 is 0 Å². The molecule has 3 N–H and O–H groups in total. The van der Waals surface area contributed by atoms with Crippen molar-refractivity contribution >= 4 is 23.5 Å². The molecule has 0 atom stereocenters. The lowest BCUT2D eigenvalue weighted by molar-refractivity contribution is 0.171. The quantitative estimate of drug-likeness (QED) is 0.570. The summed E-state index contributed by atoms with van der Waals surface area (Å²) in [6.07, 6.45) is 1.64. The second kappa shape index (κ2) is 7.03. The van der Waals surface area contributed by atoms with Gasteiger partial charge in [-0.3, -0.25) is 0 Å². The molecule has 0 spiro atoms. The number of nitrogens with zero attached hydrogens (tertiary/aromatic N) is 2. The molecule has 22 heavy (non-hydrogen) atoms. The molecule has 1 aromatic carbocycles. The Morgan fingerprint density at radius 2 is 2.18 bits per heavy atom. The van der Waals surface area contributed by atoms with Gasteiger partial charge in [0, 0.05) is 24.1 Å². The predicted molar refractivity (Wildman–Crippen MR) is 81.6 cm³/mol. The Kier molecular flexibility index (Phi) is 4.64. The highest BCUT2D eigenvalue weighted by Gasteiger charge is 2.12. The number of hydrogen-bond donors (Lipinski definition) is 3. The van der Waals surface area contributed by atoms with Crippen LogP contribution in [0.1, 0.15) is 0 Å². The van der Waals surface area contributed by atoms with Crippen molar-refractivity contribution in [1.82, 2.24) is 20.7 Å². The van der Waals surface area contributed by atoms with Gasteiger partial charge in [-0.1, -0.05) is 0 Å². The zero-order valence-electron chi connectivity index (χ0n) is 11.7. The van der Waals surface area contributed by atoms with Crippen LogP contribution < -0.4 is 20.1 Å². The Bertz CT molecular complexity index is 635. The molecule has 2 aromatic rings. The number of carbonyl (C=O) groups is 1. The minimum Gasteiger partial charge on any atom is -0.486 e. The van der Waals surface area contributed by atoms with Crippen LogP contribution in [0.2, 0.25) is 0 Å². The van der Waals surface area contributed by atoms with Gasteiger partial charge in [-0.05, 0) is 12.1 Å². The number of carbonyl (C=O) groups excluding carboxylic acids is 1. The number of amides is 2. The maximum Gasteiger partial charge on any atom is 0.319 e. The highest BCUT2D eigenvalue weighted by molar-refractivity contribution is 7.99. The van der Waals surface area contributed by atoms with E-state index in [1.807, 2.05) is 0 Å². The Balaban J connectivity index is 1.43. The number of thioether (sulfide) groups is 1. The third-order valence-electron chi connectivity index (χ3n) is 2.83. The fraction of sp³-hybridized carbons (Fsp3) is 0.308. The van der Waals surface area contributed by atoms with Gasteiger partial charge in [0.2, 0.25) is 0 Å². The van der Waals surface area contributed by atoms with Crippen LogP contribution in [0, 0.1) is 0 Å². The summed E-state index contributed by atoms with van der Waals surface area (Å²) < 4.78 is 10.9. The SMILES string of the molecule is O=C(NCCSc1cn[nH]n1)Nc1ccc2c(c1)OCCO2. The molecule has 2 heterocycles. The summed E-state index contributed by atoms with van der Waals surface area (Å²) in [5.74, 6) is 2.05. The zero-order chi connectivity index (χ0) is 15.2. The minimum absolute atomic E-state index is 0.266. The Morgan fingerprint density at radius 3 is 3.00 bits per heavy atom. The van der Waals surface area contributed by atoms with Gasteiger partial charge < -0.3 is 20.1 Å². The number of fused-ring (bicyclic) bond motifs is 1. The molecule has 0 saturated heterocycles. The summed E-state index contributed by atoms with van der Waals surface area (Å²) in [6, 6.07) is 5.04. The molecule has 1 aliphatic rings. The molecule has 0 radical (unpaired) electrons. The monoisotopic (exact) mass is 321 g/mol. The van der Waals surface area contributed by atoms with Crippen LogP contribution in [0.5, 0.6) is 11.5 Å². The van der Waals surface area contributed by atoms with Gasteiger partial charge in [0.05, 0.1) is 6.20 Å². The Morgan fingerprint density at radius 1 is 1.32 bits per heavy atom. The van der Waals surface area contributed by atoms with Crippen LogP contribution in [0.4, 0.5) is 10.5 Å². The Hall–Kier alpha value is -2.42. The van der Waals surface area contributed by atoms with E-state index in [2.05, 4.69) is 26.0 Å². The lowest BCUT2D eigenvalue weighted by Crippen LogP contribution is -2.30. The van der Waals surface area contributed by atoms with Crippen LogP contribution in [0.3, 0.4) is 0 Å². The van der Waals surface area contributed by atoms with E-state index in [-0.39, 0.29) is 6.03 Å². The zero-order valence-corrected chi connectivity index (χ0v) is 12.5. The minimum atomic E-state index is -0.266. The van der Waals surface area contributed by atoms with Crippen LogP contribution in [-0.2, 0) is 0 Å². The van der Waals surface area contributed by atoms with Crippen molar-refractivity contribution in [1.29, 1.82) is 0 Å². The van der Waals surface area contributed by atoms with Crippen LogP contribution in [-0.4, -0.2) is 47.0 Å². The number of H-pyrrole nitrogens is 1. The summed E-state index contributed by atoms with van der Waals surface area (Å²) in [7, 11) is 0. The van der Waals surface area contributed by atoms with E-state index in [0.717, 1.165) is 5.03 Å². The number of anilines is 1. The van der Waals surface area contributed by atoms with Gasteiger partial charge in [0.15, 0.2) is 11.5 Å². The number of aromatic amines is 1. The first-order valence-corrected chi connectivity index (χ1v) is 7.73. The topological polar surface area (TPSA) is 101 Å². The lowest BCUT2D eigenvalue weighted by atomic mass is 10.2. The third-order valence-corrected chi connectivity index (χ3v) is 3.73. The Labute approximate surface area is 131 Å². The predicted octanol–water partition coefficient (Wildman–Crippen LogP) is 1.49. The fourth-order valence-electron chi connectivity index (χ4n) is 1.88. The maximum atomic E-state index is 11.8. The molecule has 0 fully saturated rings. The van der Waals surface area contributed by atoms with Crippen molar-refractivity contribution in [3.8, 4) is 11.5 Å². The van der Waals surface area contributed by atoms with Crippen LogP contribution in [0.15, 0.2) is 29.4 Å². The fourth-order valence-corrected chi connectivity index (χ4v) is 2.52. The number of benzene rings is 1. The number of ether oxygens (including phenoxy) is 2. The molecule has 0 saturated carbocycles. The number of hydrogen-bond acceptors (Lipinski definition) is 6.